The van der Waals surface area contributed by atoms with E-state index in [0.29, 0.717) is 13.1 Å². The zero-order valence-electron chi connectivity index (χ0n) is 15.0. The van der Waals surface area contributed by atoms with Gasteiger partial charge in [0.1, 0.15) is 0 Å². The Morgan fingerprint density at radius 1 is 1.13 bits per heavy atom. The van der Waals surface area contributed by atoms with Crippen LogP contribution in [0.2, 0.25) is 0 Å². The van der Waals surface area contributed by atoms with E-state index in [9.17, 15) is 4.79 Å². The van der Waals surface area contributed by atoms with Gasteiger partial charge in [-0.05, 0) is 32.1 Å². The summed E-state index contributed by atoms with van der Waals surface area (Å²) >= 11 is 0. The SMILES string of the molecule is CN=C(NCCNC(=O)C(C)(C)C)NCCC1=CCCCC1.I. The highest BCUT2D eigenvalue weighted by Gasteiger charge is 2.20. The lowest BCUT2D eigenvalue weighted by molar-refractivity contribution is -0.128. The number of nitrogens with one attached hydrogen (secondary N) is 3. The number of nitrogens with zero attached hydrogens (tertiary/aromatic N) is 1. The van der Waals surface area contributed by atoms with Gasteiger partial charge in [-0.1, -0.05) is 32.4 Å². The van der Waals surface area contributed by atoms with Gasteiger partial charge in [-0.3, -0.25) is 9.79 Å². The maximum atomic E-state index is 11.7. The highest BCUT2D eigenvalue weighted by Crippen LogP contribution is 2.19. The Kier molecular flexibility index (Phi) is 11.3. The van der Waals surface area contributed by atoms with E-state index in [1.165, 1.54) is 25.7 Å². The third-order valence-corrected chi connectivity index (χ3v) is 3.73. The zero-order valence-corrected chi connectivity index (χ0v) is 17.3. The van der Waals surface area contributed by atoms with Crippen molar-refractivity contribution in [2.45, 2.75) is 52.9 Å². The fraction of sp³-hybridized carbons (Fsp3) is 0.765. The number of rotatable bonds is 6. The van der Waals surface area contributed by atoms with Gasteiger partial charge < -0.3 is 16.0 Å². The standard InChI is InChI=1S/C17H32N4O.HI/c1-17(2,3)15(22)19-12-13-21-16(18-4)20-11-10-14-8-6-5-7-9-14;/h8H,5-7,9-13H2,1-4H3,(H,19,22)(H2,18,20,21);1H. The topological polar surface area (TPSA) is 65.5 Å². The minimum atomic E-state index is -0.340. The third-order valence-electron chi connectivity index (χ3n) is 3.73. The molecule has 5 nitrogen and oxygen atoms in total. The molecule has 0 aromatic heterocycles. The van der Waals surface area contributed by atoms with Crippen molar-refractivity contribution in [3.8, 4) is 0 Å². The molecule has 23 heavy (non-hydrogen) atoms. The average Bonchev–Trinajstić information content (AvgIpc) is 2.49. The molecule has 1 rings (SSSR count). The summed E-state index contributed by atoms with van der Waals surface area (Å²) < 4.78 is 0. The van der Waals surface area contributed by atoms with Gasteiger partial charge in [0.2, 0.25) is 5.91 Å². The number of halogens is 1. The van der Waals surface area contributed by atoms with E-state index in [1.807, 2.05) is 20.8 Å². The summed E-state index contributed by atoms with van der Waals surface area (Å²) in [5.74, 6) is 0.864. The van der Waals surface area contributed by atoms with Crippen molar-refractivity contribution >= 4 is 35.8 Å². The number of aliphatic imine (C=N–C) groups is 1. The van der Waals surface area contributed by atoms with Gasteiger partial charge in [0.25, 0.3) is 0 Å². The lowest BCUT2D eigenvalue weighted by atomic mass is 9.96. The Morgan fingerprint density at radius 3 is 2.35 bits per heavy atom. The fourth-order valence-electron chi connectivity index (χ4n) is 2.32. The van der Waals surface area contributed by atoms with Crippen LogP contribution in [0.1, 0.15) is 52.9 Å². The van der Waals surface area contributed by atoms with E-state index in [-0.39, 0.29) is 35.3 Å². The molecule has 0 aliphatic heterocycles. The van der Waals surface area contributed by atoms with Crippen LogP contribution in [0.15, 0.2) is 16.6 Å². The maximum Gasteiger partial charge on any atom is 0.225 e. The van der Waals surface area contributed by atoms with Crippen LogP contribution < -0.4 is 16.0 Å². The molecule has 0 aromatic carbocycles. The van der Waals surface area contributed by atoms with Crippen molar-refractivity contribution in [2.24, 2.45) is 10.4 Å². The molecule has 0 unspecified atom stereocenters. The van der Waals surface area contributed by atoms with Crippen molar-refractivity contribution in [1.82, 2.24) is 16.0 Å². The van der Waals surface area contributed by atoms with Crippen molar-refractivity contribution in [3.05, 3.63) is 11.6 Å². The normalized spacial score (nSPS) is 15.3. The fourth-order valence-corrected chi connectivity index (χ4v) is 2.32. The molecular formula is C17H33IN4O. The predicted molar refractivity (Wildman–Crippen MR) is 108 cm³/mol. The summed E-state index contributed by atoms with van der Waals surface area (Å²) in [6.45, 7) is 7.91. The quantitative estimate of drug-likeness (QED) is 0.197. The van der Waals surface area contributed by atoms with Crippen molar-refractivity contribution < 1.29 is 4.79 Å². The van der Waals surface area contributed by atoms with E-state index in [1.54, 1.807) is 12.6 Å². The molecule has 3 N–H and O–H groups in total. The van der Waals surface area contributed by atoms with Crippen molar-refractivity contribution in [2.75, 3.05) is 26.7 Å². The number of hydrogen-bond donors (Lipinski definition) is 3. The second-order valence-electron chi connectivity index (χ2n) is 6.79. The minimum Gasteiger partial charge on any atom is -0.356 e. The van der Waals surface area contributed by atoms with E-state index in [4.69, 9.17) is 0 Å². The molecule has 134 valence electrons. The molecule has 0 fully saturated rings. The molecule has 0 radical (unpaired) electrons. The van der Waals surface area contributed by atoms with Gasteiger partial charge in [-0.15, -0.1) is 24.0 Å². The van der Waals surface area contributed by atoms with Gasteiger partial charge in [0.15, 0.2) is 5.96 Å². The molecule has 0 spiro atoms. The summed E-state index contributed by atoms with van der Waals surface area (Å²) in [5, 5.41) is 9.46. The van der Waals surface area contributed by atoms with E-state index in [2.05, 4.69) is 27.0 Å². The lowest BCUT2D eigenvalue weighted by Gasteiger charge is -2.18. The van der Waals surface area contributed by atoms with Crippen molar-refractivity contribution in [3.63, 3.8) is 0 Å². The number of guanidine groups is 1. The molecule has 0 heterocycles. The summed E-state index contributed by atoms with van der Waals surface area (Å²) in [7, 11) is 1.77. The highest BCUT2D eigenvalue weighted by molar-refractivity contribution is 14.0. The number of carbonyl (C=O) groups is 1. The highest BCUT2D eigenvalue weighted by atomic mass is 127. The number of allylic oxidation sites excluding steroid dienone is 1. The zero-order chi connectivity index (χ0) is 16.4. The number of hydrogen-bond acceptors (Lipinski definition) is 2. The molecule has 0 aromatic rings. The summed E-state index contributed by atoms with van der Waals surface area (Å²) in [4.78, 5) is 15.9. The van der Waals surface area contributed by atoms with Crippen LogP contribution in [-0.4, -0.2) is 38.5 Å². The van der Waals surface area contributed by atoms with Gasteiger partial charge in [-0.2, -0.15) is 0 Å². The lowest BCUT2D eigenvalue weighted by Crippen LogP contribution is -2.43. The van der Waals surface area contributed by atoms with Gasteiger partial charge in [0.05, 0.1) is 0 Å². The van der Waals surface area contributed by atoms with Crippen LogP contribution in [0.25, 0.3) is 0 Å². The smallest absolute Gasteiger partial charge is 0.225 e. The minimum absolute atomic E-state index is 0. The molecular weight excluding hydrogens is 403 g/mol. The Labute approximate surface area is 158 Å². The first kappa shape index (κ1) is 22.2. The van der Waals surface area contributed by atoms with Crippen LogP contribution in [0.5, 0.6) is 0 Å². The Hall–Kier alpha value is -0.790. The molecule has 0 saturated carbocycles. The first-order chi connectivity index (χ1) is 10.4. The van der Waals surface area contributed by atoms with Crippen LogP contribution in [-0.2, 0) is 4.79 Å². The van der Waals surface area contributed by atoms with Gasteiger partial charge >= 0.3 is 0 Å². The molecule has 0 saturated heterocycles. The molecule has 1 amide bonds. The summed E-state index contributed by atoms with van der Waals surface area (Å²) in [6.07, 6.45) is 8.60. The first-order valence-electron chi connectivity index (χ1n) is 8.34. The second kappa shape index (κ2) is 11.7. The predicted octanol–water partition coefficient (Wildman–Crippen LogP) is 2.82. The van der Waals surface area contributed by atoms with Gasteiger partial charge in [0, 0.05) is 32.1 Å². The first-order valence-corrected chi connectivity index (χ1v) is 8.34. The molecule has 6 heteroatoms. The monoisotopic (exact) mass is 436 g/mol. The Morgan fingerprint density at radius 2 is 1.78 bits per heavy atom. The Bertz CT molecular complexity index is 413. The Balaban J connectivity index is 0.00000484. The van der Waals surface area contributed by atoms with Crippen LogP contribution in [0, 0.1) is 5.41 Å². The molecule has 0 bridgehead atoms. The number of amides is 1. The summed E-state index contributed by atoms with van der Waals surface area (Å²) in [5.41, 5.74) is 1.22. The number of carbonyl (C=O) groups excluding carboxylic acids is 1. The molecule has 0 atom stereocenters. The van der Waals surface area contributed by atoms with E-state index in [0.717, 1.165) is 18.9 Å². The molecule has 1 aliphatic carbocycles. The van der Waals surface area contributed by atoms with Crippen LogP contribution in [0.4, 0.5) is 0 Å². The van der Waals surface area contributed by atoms with Crippen LogP contribution in [0.3, 0.4) is 0 Å². The molecule has 1 aliphatic rings. The third kappa shape index (κ3) is 9.84. The van der Waals surface area contributed by atoms with E-state index >= 15 is 0 Å². The van der Waals surface area contributed by atoms with Crippen LogP contribution >= 0.6 is 24.0 Å². The summed E-state index contributed by atoms with van der Waals surface area (Å²) in [6, 6.07) is 0. The maximum absolute atomic E-state index is 11.7. The van der Waals surface area contributed by atoms with Gasteiger partial charge in [-0.25, -0.2) is 0 Å². The van der Waals surface area contributed by atoms with E-state index < -0.39 is 0 Å². The average molecular weight is 436 g/mol. The van der Waals surface area contributed by atoms with Crippen molar-refractivity contribution in [1.29, 1.82) is 0 Å². The second-order valence-corrected chi connectivity index (χ2v) is 6.79. The largest absolute Gasteiger partial charge is 0.356 e.